The molecule has 88 valence electrons. The van der Waals surface area contributed by atoms with Crippen molar-refractivity contribution in [2.75, 3.05) is 13.6 Å². The van der Waals surface area contributed by atoms with Crippen molar-refractivity contribution in [2.24, 2.45) is 0 Å². The Balaban J connectivity index is 2.38. The first-order valence-electron chi connectivity index (χ1n) is 6.55. The van der Waals surface area contributed by atoms with Crippen LogP contribution in [-0.4, -0.2) is 18.5 Å². The minimum Gasteiger partial charge on any atom is -0.302 e. The highest BCUT2D eigenvalue weighted by atomic mass is 15.1. The molecule has 16 heavy (non-hydrogen) atoms. The summed E-state index contributed by atoms with van der Waals surface area (Å²) < 4.78 is 0. The van der Waals surface area contributed by atoms with Gasteiger partial charge in [0, 0.05) is 13.1 Å². The first kappa shape index (κ1) is 11.7. The first-order chi connectivity index (χ1) is 7.76. The second kappa shape index (κ2) is 5.01. The molecule has 1 nitrogen and oxygen atoms in total. The molecule has 1 aromatic rings. The Morgan fingerprint density at radius 3 is 2.69 bits per heavy atom. The van der Waals surface area contributed by atoms with E-state index in [1.807, 2.05) is 0 Å². The van der Waals surface area contributed by atoms with Crippen molar-refractivity contribution in [1.29, 1.82) is 0 Å². The molecule has 1 heterocycles. The maximum absolute atomic E-state index is 2.44. The molecule has 0 N–H and O–H groups in total. The van der Waals surface area contributed by atoms with Gasteiger partial charge in [-0.15, -0.1) is 0 Å². The molecular weight excluding hydrogens is 194 g/mol. The highest BCUT2D eigenvalue weighted by Gasteiger charge is 2.19. The first-order valence-corrected chi connectivity index (χ1v) is 6.55. The van der Waals surface area contributed by atoms with E-state index in [9.17, 15) is 0 Å². The van der Waals surface area contributed by atoms with E-state index in [4.69, 9.17) is 0 Å². The van der Waals surface area contributed by atoms with Crippen molar-refractivity contribution in [3.63, 3.8) is 0 Å². The average molecular weight is 217 g/mol. The van der Waals surface area contributed by atoms with Gasteiger partial charge in [0.2, 0.25) is 0 Å². The molecule has 1 aromatic carbocycles. The summed E-state index contributed by atoms with van der Waals surface area (Å²) in [6.45, 7) is 6.96. The quantitative estimate of drug-likeness (QED) is 0.748. The van der Waals surface area contributed by atoms with E-state index >= 15 is 0 Å². The largest absolute Gasteiger partial charge is 0.302 e. The van der Waals surface area contributed by atoms with Gasteiger partial charge in [0.25, 0.3) is 0 Å². The van der Waals surface area contributed by atoms with Crippen LogP contribution in [0.3, 0.4) is 0 Å². The van der Waals surface area contributed by atoms with Crippen molar-refractivity contribution in [1.82, 2.24) is 4.90 Å². The molecule has 0 unspecified atom stereocenters. The lowest BCUT2D eigenvalue weighted by atomic mass is 9.85. The number of hydrogen-bond donors (Lipinski definition) is 0. The van der Waals surface area contributed by atoms with Crippen molar-refractivity contribution in [3.8, 4) is 0 Å². The maximum atomic E-state index is 2.44. The van der Waals surface area contributed by atoms with Gasteiger partial charge in [-0.2, -0.15) is 0 Å². The van der Waals surface area contributed by atoms with Crippen LogP contribution in [0.25, 0.3) is 0 Å². The van der Waals surface area contributed by atoms with Gasteiger partial charge in [0.15, 0.2) is 0 Å². The van der Waals surface area contributed by atoms with Crippen LogP contribution in [0.4, 0.5) is 0 Å². The zero-order chi connectivity index (χ0) is 11.5. The lowest BCUT2D eigenvalue weighted by molar-refractivity contribution is 0.310. The second-order valence-electron chi connectivity index (χ2n) is 4.99. The molecule has 0 aliphatic carbocycles. The maximum Gasteiger partial charge on any atom is 0.0236 e. The summed E-state index contributed by atoms with van der Waals surface area (Å²) in [5.74, 6) is 0.751. The smallest absolute Gasteiger partial charge is 0.0236 e. The lowest BCUT2D eigenvalue weighted by Crippen LogP contribution is -2.27. The molecular formula is C15H23N. The Bertz CT molecular complexity index is 352. The van der Waals surface area contributed by atoms with Gasteiger partial charge < -0.3 is 4.90 Å². The molecule has 0 aromatic heterocycles. The third-order valence-electron chi connectivity index (χ3n) is 3.93. The predicted molar refractivity (Wildman–Crippen MR) is 69.8 cm³/mol. The fourth-order valence-corrected chi connectivity index (χ4v) is 2.85. The van der Waals surface area contributed by atoms with Crippen LogP contribution in [-0.2, 0) is 13.0 Å². The summed E-state index contributed by atoms with van der Waals surface area (Å²) in [6, 6.07) is 6.90. The van der Waals surface area contributed by atoms with E-state index in [0.717, 1.165) is 12.5 Å². The zero-order valence-electron chi connectivity index (χ0n) is 10.8. The van der Waals surface area contributed by atoms with Crippen LogP contribution in [0.15, 0.2) is 18.2 Å². The van der Waals surface area contributed by atoms with Crippen molar-refractivity contribution < 1.29 is 0 Å². The SMILES string of the molecule is CCC(CC)c1cccc2c1CN(C)CC2. The Hall–Kier alpha value is -0.820. The van der Waals surface area contributed by atoms with E-state index in [1.165, 1.54) is 25.8 Å². The molecule has 0 fully saturated rings. The molecule has 0 amide bonds. The van der Waals surface area contributed by atoms with Crippen molar-refractivity contribution in [2.45, 2.75) is 45.6 Å². The topological polar surface area (TPSA) is 3.24 Å². The number of likely N-dealkylation sites (N-methyl/N-ethyl adjacent to an activating group) is 1. The highest BCUT2D eigenvalue weighted by Crippen LogP contribution is 2.31. The fraction of sp³-hybridized carbons (Fsp3) is 0.600. The van der Waals surface area contributed by atoms with Gasteiger partial charge in [-0.05, 0) is 48.9 Å². The fourth-order valence-electron chi connectivity index (χ4n) is 2.85. The summed E-state index contributed by atoms with van der Waals surface area (Å²) >= 11 is 0. The van der Waals surface area contributed by atoms with Crippen LogP contribution in [0.1, 0.15) is 49.3 Å². The molecule has 1 aliphatic rings. The normalized spacial score (nSPS) is 16.5. The molecule has 1 heteroatoms. The minimum atomic E-state index is 0.751. The highest BCUT2D eigenvalue weighted by molar-refractivity contribution is 5.39. The number of nitrogens with zero attached hydrogens (tertiary/aromatic N) is 1. The standard InChI is InChI=1S/C15H23N/c1-4-12(5-2)14-8-6-7-13-9-10-16(3)11-15(13)14/h6-8,12H,4-5,9-11H2,1-3H3. The molecule has 1 aliphatic heterocycles. The van der Waals surface area contributed by atoms with Crippen LogP contribution < -0.4 is 0 Å². The second-order valence-corrected chi connectivity index (χ2v) is 4.99. The molecule has 0 saturated carbocycles. The van der Waals surface area contributed by atoms with Gasteiger partial charge >= 0.3 is 0 Å². The third-order valence-corrected chi connectivity index (χ3v) is 3.93. The van der Waals surface area contributed by atoms with Crippen molar-refractivity contribution >= 4 is 0 Å². The Labute approximate surface area is 99.5 Å². The van der Waals surface area contributed by atoms with Gasteiger partial charge in [-0.1, -0.05) is 32.0 Å². The number of hydrogen-bond acceptors (Lipinski definition) is 1. The van der Waals surface area contributed by atoms with E-state index < -0.39 is 0 Å². The zero-order valence-corrected chi connectivity index (χ0v) is 10.8. The van der Waals surface area contributed by atoms with Crippen molar-refractivity contribution in [3.05, 3.63) is 34.9 Å². The predicted octanol–water partition coefficient (Wildman–Crippen LogP) is 3.58. The van der Waals surface area contributed by atoms with Gasteiger partial charge in [0.1, 0.15) is 0 Å². The van der Waals surface area contributed by atoms with Gasteiger partial charge in [0.05, 0.1) is 0 Å². The Kier molecular flexibility index (Phi) is 3.65. The summed E-state index contributed by atoms with van der Waals surface area (Å²) in [4.78, 5) is 2.44. The number of benzene rings is 1. The van der Waals surface area contributed by atoms with E-state index in [-0.39, 0.29) is 0 Å². The van der Waals surface area contributed by atoms with Crippen LogP contribution >= 0.6 is 0 Å². The number of fused-ring (bicyclic) bond motifs is 1. The van der Waals surface area contributed by atoms with Crippen LogP contribution in [0.5, 0.6) is 0 Å². The van der Waals surface area contributed by atoms with Gasteiger partial charge in [-0.3, -0.25) is 0 Å². The van der Waals surface area contributed by atoms with Crippen LogP contribution in [0, 0.1) is 0 Å². The lowest BCUT2D eigenvalue weighted by Gasteiger charge is -2.29. The van der Waals surface area contributed by atoms with E-state index in [0.29, 0.717) is 0 Å². The Morgan fingerprint density at radius 2 is 2.00 bits per heavy atom. The van der Waals surface area contributed by atoms with E-state index in [1.54, 1.807) is 16.7 Å². The summed E-state index contributed by atoms with van der Waals surface area (Å²) in [7, 11) is 2.23. The minimum absolute atomic E-state index is 0.751. The van der Waals surface area contributed by atoms with E-state index in [2.05, 4.69) is 44.0 Å². The summed E-state index contributed by atoms with van der Waals surface area (Å²) in [6.07, 6.45) is 3.74. The summed E-state index contributed by atoms with van der Waals surface area (Å²) in [5, 5.41) is 0. The number of rotatable bonds is 3. The monoisotopic (exact) mass is 217 g/mol. The van der Waals surface area contributed by atoms with Crippen LogP contribution in [0.2, 0.25) is 0 Å². The molecule has 0 radical (unpaired) electrons. The molecule has 0 bridgehead atoms. The molecule has 2 rings (SSSR count). The third kappa shape index (κ3) is 2.15. The average Bonchev–Trinajstić information content (AvgIpc) is 2.31. The van der Waals surface area contributed by atoms with Gasteiger partial charge in [-0.25, -0.2) is 0 Å². The Morgan fingerprint density at radius 1 is 1.25 bits per heavy atom. The molecule has 0 spiro atoms. The molecule has 0 atom stereocenters. The summed E-state index contributed by atoms with van der Waals surface area (Å²) in [5.41, 5.74) is 4.81. The molecule has 0 saturated heterocycles.